The van der Waals surface area contributed by atoms with E-state index in [1.807, 2.05) is 31.2 Å². The lowest BCUT2D eigenvalue weighted by molar-refractivity contribution is -0.121. The molecule has 3 rings (SSSR count). The predicted octanol–water partition coefficient (Wildman–Crippen LogP) is 1.82. The highest BCUT2D eigenvalue weighted by Crippen LogP contribution is 2.22. The number of carbonyl (C=O) groups excluding carboxylic acids is 1. The van der Waals surface area contributed by atoms with E-state index in [4.69, 9.17) is 4.42 Å². The van der Waals surface area contributed by atoms with E-state index in [9.17, 15) is 4.79 Å². The molecule has 1 aliphatic heterocycles. The molecule has 2 aromatic rings. The summed E-state index contributed by atoms with van der Waals surface area (Å²) in [5.41, 5.74) is 1.12. The van der Waals surface area contributed by atoms with Crippen LogP contribution in [0.3, 0.4) is 0 Å². The van der Waals surface area contributed by atoms with Gasteiger partial charge in [-0.15, -0.1) is 10.2 Å². The number of carbonyl (C=O) groups is 1. The molecule has 0 radical (unpaired) electrons. The highest BCUT2D eigenvalue weighted by Gasteiger charge is 2.35. The summed E-state index contributed by atoms with van der Waals surface area (Å²) in [5, 5.41) is 13.6. The summed E-state index contributed by atoms with van der Waals surface area (Å²) in [5.74, 6) is 0.466. The molecule has 1 fully saturated rings. The largest absolute Gasteiger partial charge is 0.423 e. The number of anilines is 1. The fraction of sp³-hybridized carbons (Fsp3) is 0.357. The van der Waals surface area contributed by atoms with Crippen LogP contribution in [-0.2, 0) is 4.79 Å². The van der Waals surface area contributed by atoms with E-state index < -0.39 is 5.54 Å². The van der Waals surface area contributed by atoms with Crippen LogP contribution < -0.4 is 10.6 Å². The van der Waals surface area contributed by atoms with Crippen molar-refractivity contribution in [1.29, 1.82) is 0 Å². The van der Waals surface area contributed by atoms with Crippen molar-refractivity contribution >= 4 is 11.6 Å². The van der Waals surface area contributed by atoms with Crippen LogP contribution in [0.25, 0.3) is 11.5 Å². The quantitative estimate of drug-likeness (QED) is 0.890. The molecule has 104 valence electrons. The summed E-state index contributed by atoms with van der Waals surface area (Å²) in [6.07, 6.45) is 3.18. The molecule has 2 N–H and O–H groups in total. The average Bonchev–Trinajstić information content (AvgIpc) is 3.11. The summed E-state index contributed by atoms with van der Waals surface area (Å²) in [4.78, 5) is 12.2. The molecule has 0 aliphatic carbocycles. The van der Waals surface area contributed by atoms with Gasteiger partial charge in [-0.2, -0.15) is 0 Å². The Morgan fingerprint density at radius 3 is 2.80 bits per heavy atom. The fourth-order valence-electron chi connectivity index (χ4n) is 2.35. The van der Waals surface area contributed by atoms with Crippen LogP contribution in [0.2, 0.25) is 0 Å². The number of amides is 1. The average molecular weight is 272 g/mol. The van der Waals surface area contributed by atoms with Crippen molar-refractivity contribution in [3.63, 3.8) is 0 Å². The molecule has 6 heteroatoms. The number of hydrogen-bond donors (Lipinski definition) is 2. The summed E-state index contributed by atoms with van der Waals surface area (Å²) in [6, 6.07) is 7.34. The Labute approximate surface area is 116 Å². The number of aromatic nitrogens is 2. The molecule has 6 nitrogen and oxygen atoms in total. The Bertz CT molecular complexity index is 586. The van der Waals surface area contributed by atoms with E-state index in [2.05, 4.69) is 20.8 Å². The van der Waals surface area contributed by atoms with Crippen molar-refractivity contribution in [2.24, 2.45) is 0 Å². The minimum atomic E-state index is -0.467. The topological polar surface area (TPSA) is 80.1 Å². The third-order valence-corrected chi connectivity index (χ3v) is 3.62. The fourth-order valence-corrected chi connectivity index (χ4v) is 2.35. The molecule has 1 atom stereocenters. The van der Waals surface area contributed by atoms with Crippen molar-refractivity contribution in [1.82, 2.24) is 15.5 Å². The van der Waals surface area contributed by atoms with Gasteiger partial charge in [-0.3, -0.25) is 4.79 Å². The molecule has 1 aromatic heterocycles. The molecule has 0 bridgehead atoms. The first-order valence-electron chi connectivity index (χ1n) is 6.60. The van der Waals surface area contributed by atoms with Crippen LogP contribution in [0.4, 0.5) is 5.69 Å². The Hall–Kier alpha value is -2.21. The van der Waals surface area contributed by atoms with E-state index in [-0.39, 0.29) is 5.91 Å². The van der Waals surface area contributed by atoms with E-state index in [0.29, 0.717) is 5.89 Å². The first-order valence-corrected chi connectivity index (χ1v) is 6.60. The second-order valence-electron chi connectivity index (χ2n) is 5.14. The molecule has 1 saturated heterocycles. The minimum absolute atomic E-state index is 0.000500. The van der Waals surface area contributed by atoms with Gasteiger partial charge in [0.2, 0.25) is 18.2 Å². The van der Waals surface area contributed by atoms with Crippen molar-refractivity contribution in [3.8, 4) is 11.5 Å². The van der Waals surface area contributed by atoms with Gasteiger partial charge >= 0.3 is 0 Å². The standard InChI is InChI=1S/C14H16N4O2/c1-14(7-2-8-15-14)13(19)17-11-5-3-10(4-6-11)12-18-16-9-20-12/h3-6,9,15H,2,7-8H2,1H3,(H,17,19). The number of hydrogen-bond acceptors (Lipinski definition) is 5. The summed E-state index contributed by atoms with van der Waals surface area (Å²) < 4.78 is 5.12. The van der Waals surface area contributed by atoms with Crippen molar-refractivity contribution in [2.45, 2.75) is 25.3 Å². The van der Waals surface area contributed by atoms with Gasteiger partial charge in [0.15, 0.2) is 0 Å². The highest BCUT2D eigenvalue weighted by atomic mass is 16.4. The maximum Gasteiger partial charge on any atom is 0.247 e. The Kier molecular flexibility index (Phi) is 3.23. The van der Waals surface area contributed by atoms with E-state index in [1.54, 1.807) is 0 Å². The Morgan fingerprint density at radius 2 is 2.20 bits per heavy atom. The van der Waals surface area contributed by atoms with Crippen molar-refractivity contribution in [3.05, 3.63) is 30.7 Å². The minimum Gasteiger partial charge on any atom is -0.423 e. The van der Waals surface area contributed by atoms with Gasteiger partial charge in [0, 0.05) is 11.3 Å². The first-order chi connectivity index (χ1) is 9.67. The van der Waals surface area contributed by atoms with Gasteiger partial charge in [-0.25, -0.2) is 0 Å². The molecule has 1 unspecified atom stereocenters. The molecule has 2 heterocycles. The van der Waals surface area contributed by atoms with Crippen LogP contribution in [0.5, 0.6) is 0 Å². The SMILES string of the molecule is CC1(C(=O)Nc2ccc(-c3nnco3)cc2)CCCN1. The number of nitrogens with zero attached hydrogens (tertiary/aromatic N) is 2. The van der Waals surface area contributed by atoms with Crippen LogP contribution in [0, 0.1) is 0 Å². The lowest BCUT2D eigenvalue weighted by atomic mass is 9.99. The van der Waals surface area contributed by atoms with Crippen LogP contribution in [0.1, 0.15) is 19.8 Å². The van der Waals surface area contributed by atoms with E-state index in [0.717, 1.165) is 30.6 Å². The van der Waals surface area contributed by atoms with Gasteiger partial charge in [0.25, 0.3) is 0 Å². The van der Waals surface area contributed by atoms with Gasteiger partial charge in [-0.1, -0.05) is 0 Å². The third-order valence-electron chi connectivity index (χ3n) is 3.62. The number of benzene rings is 1. The lowest BCUT2D eigenvalue weighted by Crippen LogP contribution is -2.47. The second kappa shape index (κ2) is 5.05. The zero-order chi connectivity index (χ0) is 14.0. The smallest absolute Gasteiger partial charge is 0.247 e. The molecule has 20 heavy (non-hydrogen) atoms. The molecule has 1 amide bonds. The van der Waals surface area contributed by atoms with E-state index >= 15 is 0 Å². The van der Waals surface area contributed by atoms with Crippen LogP contribution in [0.15, 0.2) is 35.1 Å². The van der Waals surface area contributed by atoms with Crippen molar-refractivity contribution in [2.75, 3.05) is 11.9 Å². The molecule has 1 aromatic carbocycles. The summed E-state index contributed by atoms with van der Waals surface area (Å²) in [7, 11) is 0. The van der Waals surface area contributed by atoms with Gasteiger partial charge < -0.3 is 15.1 Å². The zero-order valence-corrected chi connectivity index (χ0v) is 11.2. The molecular weight excluding hydrogens is 256 g/mol. The second-order valence-corrected chi connectivity index (χ2v) is 5.14. The normalized spacial score (nSPS) is 21.9. The van der Waals surface area contributed by atoms with Crippen LogP contribution >= 0.6 is 0 Å². The highest BCUT2D eigenvalue weighted by molar-refractivity contribution is 5.98. The van der Waals surface area contributed by atoms with Gasteiger partial charge in [0.05, 0.1) is 5.54 Å². The summed E-state index contributed by atoms with van der Waals surface area (Å²) in [6.45, 7) is 2.82. The first kappa shape index (κ1) is 12.8. The van der Waals surface area contributed by atoms with E-state index in [1.165, 1.54) is 6.39 Å². The Balaban J connectivity index is 1.71. The monoisotopic (exact) mass is 272 g/mol. The number of nitrogens with one attached hydrogen (secondary N) is 2. The maximum atomic E-state index is 12.2. The van der Waals surface area contributed by atoms with Gasteiger partial charge in [0.1, 0.15) is 0 Å². The third kappa shape index (κ3) is 2.42. The van der Waals surface area contributed by atoms with Crippen molar-refractivity contribution < 1.29 is 9.21 Å². The number of rotatable bonds is 3. The predicted molar refractivity (Wildman–Crippen MR) is 74.0 cm³/mol. The lowest BCUT2D eigenvalue weighted by Gasteiger charge is -2.23. The molecule has 0 saturated carbocycles. The molecule has 0 spiro atoms. The van der Waals surface area contributed by atoms with Crippen LogP contribution in [-0.4, -0.2) is 28.2 Å². The summed E-state index contributed by atoms with van der Waals surface area (Å²) >= 11 is 0. The van der Waals surface area contributed by atoms with Gasteiger partial charge in [-0.05, 0) is 50.6 Å². The maximum absolute atomic E-state index is 12.2. The Morgan fingerprint density at radius 1 is 1.40 bits per heavy atom. The molecule has 1 aliphatic rings. The molecular formula is C14H16N4O2. The zero-order valence-electron chi connectivity index (χ0n) is 11.2.